The molecule has 0 saturated heterocycles. The lowest BCUT2D eigenvalue weighted by molar-refractivity contribution is 1.08. The van der Waals surface area contributed by atoms with Gasteiger partial charge in [0, 0.05) is 17.8 Å². The lowest BCUT2D eigenvalue weighted by Crippen LogP contribution is -2.04. The van der Waals surface area contributed by atoms with E-state index in [1.54, 1.807) is 12.1 Å². The molecule has 1 aliphatic carbocycles. The number of anilines is 3. The van der Waals surface area contributed by atoms with E-state index in [1.165, 1.54) is 19.2 Å². The molecule has 0 radical (unpaired) electrons. The second-order valence-corrected chi connectivity index (χ2v) is 4.52. The standard InChI is InChI=1S/C14H13N5/c15-8-10-2-1-3-12(6-10)19-14-7-13(16-9-17-14)18-11-4-5-11/h1-3,6-7,9,11H,4-5H2,(H2,16,17,18,19). The molecule has 1 saturated carbocycles. The molecule has 1 aliphatic rings. The minimum Gasteiger partial charge on any atom is -0.367 e. The summed E-state index contributed by atoms with van der Waals surface area (Å²) in [5.41, 5.74) is 1.46. The van der Waals surface area contributed by atoms with E-state index in [0.717, 1.165) is 11.5 Å². The molecule has 0 amide bonds. The van der Waals surface area contributed by atoms with Gasteiger partial charge in [-0.2, -0.15) is 5.26 Å². The number of rotatable bonds is 4. The molecule has 2 aromatic rings. The Morgan fingerprint density at radius 3 is 2.79 bits per heavy atom. The molecule has 19 heavy (non-hydrogen) atoms. The maximum Gasteiger partial charge on any atom is 0.135 e. The summed E-state index contributed by atoms with van der Waals surface area (Å²) >= 11 is 0. The predicted octanol–water partition coefficient (Wildman–Crippen LogP) is 2.67. The number of nitrogens with one attached hydrogen (secondary N) is 2. The topological polar surface area (TPSA) is 73.6 Å². The zero-order valence-electron chi connectivity index (χ0n) is 10.3. The molecular weight excluding hydrogens is 238 g/mol. The molecule has 5 nitrogen and oxygen atoms in total. The highest BCUT2D eigenvalue weighted by molar-refractivity contribution is 5.60. The number of hydrogen-bond acceptors (Lipinski definition) is 5. The predicted molar refractivity (Wildman–Crippen MR) is 73.1 cm³/mol. The number of aromatic nitrogens is 2. The molecule has 0 spiro atoms. The van der Waals surface area contributed by atoms with Gasteiger partial charge in [-0.1, -0.05) is 6.07 Å². The van der Waals surface area contributed by atoms with Gasteiger partial charge >= 0.3 is 0 Å². The van der Waals surface area contributed by atoms with Gasteiger partial charge in [0.2, 0.25) is 0 Å². The normalized spacial score (nSPS) is 13.6. The van der Waals surface area contributed by atoms with Gasteiger partial charge in [-0.05, 0) is 31.0 Å². The summed E-state index contributed by atoms with van der Waals surface area (Å²) in [7, 11) is 0. The molecule has 1 heterocycles. The Hall–Kier alpha value is -2.61. The molecule has 1 fully saturated rings. The molecule has 94 valence electrons. The van der Waals surface area contributed by atoms with Crippen LogP contribution in [-0.4, -0.2) is 16.0 Å². The zero-order chi connectivity index (χ0) is 13.1. The van der Waals surface area contributed by atoms with Crippen LogP contribution in [0.3, 0.4) is 0 Å². The molecule has 0 aliphatic heterocycles. The molecule has 5 heteroatoms. The van der Waals surface area contributed by atoms with Crippen molar-refractivity contribution in [1.29, 1.82) is 5.26 Å². The van der Waals surface area contributed by atoms with Crippen molar-refractivity contribution in [1.82, 2.24) is 9.97 Å². The van der Waals surface area contributed by atoms with Gasteiger partial charge < -0.3 is 10.6 Å². The quantitative estimate of drug-likeness (QED) is 0.873. The molecule has 2 N–H and O–H groups in total. The van der Waals surface area contributed by atoms with Gasteiger partial charge in [-0.15, -0.1) is 0 Å². The van der Waals surface area contributed by atoms with Crippen LogP contribution in [0, 0.1) is 11.3 Å². The third-order valence-corrected chi connectivity index (χ3v) is 2.86. The van der Waals surface area contributed by atoms with E-state index >= 15 is 0 Å². The molecule has 1 aromatic heterocycles. The van der Waals surface area contributed by atoms with E-state index in [9.17, 15) is 0 Å². The van der Waals surface area contributed by atoms with Gasteiger partial charge in [0.1, 0.15) is 18.0 Å². The van der Waals surface area contributed by atoms with Crippen molar-refractivity contribution in [2.75, 3.05) is 10.6 Å². The molecule has 0 atom stereocenters. The van der Waals surface area contributed by atoms with Crippen molar-refractivity contribution in [2.24, 2.45) is 0 Å². The second-order valence-electron chi connectivity index (χ2n) is 4.52. The fourth-order valence-corrected chi connectivity index (χ4v) is 1.76. The molecule has 1 aromatic carbocycles. The van der Waals surface area contributed by atoms with Crippen LogP contribution in [0.15, 0.2) is 36.7 Å². The van der Waals surface area contributed by atoms with Gasteiger partial charge in [-0.25, -0.2) is 9.97 Å². The molecule has 0 bridgehead atoms. The average Bonchev–Trinajstić information content (AvgIpc) is 3.23. The van der Waals surface area contributed by atoms with Crippen LogP contribution in [0.2, 0.25) is 0 Å². The first kappa shape index (κ1) is 11.5. The number of hydrogen-bond donors (Lipinski definition) is 2. The van der Waals surface area contributed by atoms with E-state index in [-0.39, 0.29) is 0 Å². The van der Waals surface area contributed by atoms with Crippen molar-refractivity contribution in [2.45, 2.75) is 18.9 Å². The molecule has 3 rings (SSSR count). The van der Waals surface area contributed by atoms with E-state index < -0.39 is 0 Å². The first-order valence-corrected chi connectivity index (χ1v) is 6.19. The Kier molecular flexibility index (Phi) is 2.99. The Morgan fingerprint density at radius 1 is 1.16 bits per heavy atom. The van der Waals surface area contributed by atoms with Crippen LogP contribution in [0.4, 0.5) is 17.3 Å². The van der Waals surface area contributed by atoms with Gasteiger partial charge in [0.05, 0.1) is 11.6 Å². The highest BCUT2D eigenvalue weighted by atomic mass is 15.1. The number of nitrogens with zero attached hydrogens (tertiary/aromatic N) is 3. The second kappa shape index (κ2) is 4.94. The Balaban J connectivity index is 1.76. The molecule has 0 unspecified atom stereocenters. The summed E-state index contributed by atoms with van der Waals surface area (Å²) in [6, 6.07) is 11.8. The summed E-state index contributed by atoms with van der Waals surface area (Å²) in [6.07, 6.45) is 3.94. The van der Waals surface area contributed by atoms with Crippen LogP contribution in [0.25, 0.3) is 0 Å². The van der Waals surface area contributed by atoms with Crippen LogP contribution in [-0.2, 0) is 0 Å². The van der Waals surface area contributed by atoms with Crippen molar-refractivity contribution < 1.29 is 0 Å². The lowest BCUT2D eigenvalue weighted by Gasteiger charge is -2.08. The highest BCUT2D eigenvalue weighted by Gasteiger charge is 2.21. The summed E-state index contributed by atoms with van der Waals surface area (Å²) in [5, 5.41) is 15.4. The third-order valence-electron chi connectivity index (χ3n) is 2.86. The SMILES string of the molecule is N#Cc1cccc(Nc2cc(NC3CC3)ncn2)c1. The van der Waals surface area contributed by atoms with Crippen LogP contribution < -0.4 is 10.6 Å². The largest absolute Gasteiger partial charge is 0.367 e. The van der Waals surface area contributed by atoms with Crippen molar-refractivity contribution in [3.63, 3.8) is 0 Å². The van der Waals surface area contributed by atoms with E-state index in [2.05, 4.69) is 26.7 Å². The number of benzene rings is 1. The Morgan fingerprint density at radius 2 is 2.00 bits per heavy atom. The average molecular weight is 251 g/mol. The summed E-state index contributed by atoms with van der Waals surface area (Å²) in [4.78, 5) is 8.35. The van der Waals surface area contributed by atoms with Gasteiger partial charge in [0.25, 0.3) is 0 Å². The van der Waals surface area contributed by atoms with Gasteiger partial charge in [-0.3, -0.25) is 0 Å². The smallest absolute Gasteiger partial charge is 0.135 e. The molecular formula is C14H13N5. The van der Waals surface area contributed by atoms with E-state index in [1.807, 2.05) is 18.2 Å². The summed E-state index contributed by atoms with van der Waals surface area (Å²) < 4.78 is 0. The monoisotopic (exact) mass is 251 g/mol. The maximum absolute atomic E-state index is 8.86. The fraction of sp³-hybridized carbons (Fsp3) is 0.214. The van der Waals surface area contributed by atoms with Crippen LogP contribution in [0.1, 0.15) is 18.4 Å². The van der Waals surface area contributed by atoms with E-state index in [0.29, 0.717) is 17.4 Å². The van der Waals surface area contributed by atoms with Crippen molar-refractivity contribution in [3.8, 4) is 6.07 Å². The Bertz CT molecular complexity index is 628. The van der Waals surface area contributed by atoms with Crippen molar-refractivity contribution in [3.05, 3.63) is 42.2 Å². The number of nitriles is 1. The maximum atomic E-state index is 8.86. The fourth-order valence-electron chi connectivity index (χ4n) is 1.76. The highest BCUT2D eigenvalue weighted by Crippen LogP contribution is 2.24. The minimum absolute atomic E-state index is 0.560. The van der Waals surface area contributed by atoms with Crippen LogP contribution >= 0.6 is 0 Å². The summed E-state index contributed by atoms with van der Waals surface area (Å²) in [6.45, 7) is 0. The van der Waals surface area contributed by atoms with Crippen LogP contribution in [0.5, 0.6) is 0 Å². The lowest BCUT2D eigenvalue weighted by atomic mass is 10.2. The van der Waals surface area contributed by atoms with Crippen molar-refractivity contribution >= 4 is 17.3 Å². The van der Waals surface area contributed by atoms with Gasteiger partial charge in [0.15, 0.2) is 0 Å². The third kappa shape index (κ3) is 2.99. The first-order valence-electron chi connectivity index (χ1n) is 6.19. The zero-order valence-corrected chi connectivity index (χ0v) is 10.3. The minimum atomic E-state index is 0.560. The summed E-state index contributed by atoms with van der Waals surface area (Å²) in [5.74, 6) is 1.55. The first-order chi connectivity index (χ1) is 9.33. The Labute approximate surface area is 111 Å². The van der Waals surface area contributed by atoms with E-state index in [4.69, 9.17) is 5.26 Å².